The number of rotatable bonds is 4. The molecule has 2 bridgehead atoms. The summed E-state index contributed by atoms with van der Waals surface area (Å²) in [7, 11) is 0. The summed E-state index contributed by atoms with van der Waals surface area (Å²) in [4.78, 5) is 13.7. The molecule has 4 aromatic carbocycles. The molecule has 2 nitrogen and oxygen atoms in total. The smallest absolute Gasteiger partial charge is 0.162 e. The first-order valence-corrected chi connectivity index (χ1v) is 12.2. The lowest BCUT2D eigenvalue weighted by molar-refractivity contribution is -0.158. The zero-order chi connectivity index (χ0) is 22.8. The van der Waals surface area contributed by atoms with Crippen molar-refractivity contribution >= 4 is 5.78 Å². The van der Waals surface area contributed by atoms with Crippen LogP contribution in [0.5, 0.6) is 0 Å². The van der Waals surface area contributed by atoms with Gasteiger partial charge in [0.1, 0.15) is 11.7 Å². The van der Waals surface area contributed by atoms with Crippen LogP contribution in [0.15, 0.2) is 121 Å². The highest BCUT2D eigenvalue weighted by atomic mass is 16.5. The molecule has 2 heterocycles. The van der Waals surface area contributed by atoms with E-state index in [-0.39, 0.29) is 17.1 Å². The third kappa shape index (κ3) is 2.18. The van der Waals surface area contributed by atoms with E-state index in [0.717, 1.165) is 0 Å². The summed E-state index contributed by atoms with van der Waals surface area (Å²) in [6, 6.07) is 42.9. The van der Waals surface area contributed by atoms with E-state index in [0.29, 0.717) is 12.8 Å². The van der Waals surface area contributed by atoms with E-state index in [1.165, 1.54) is 22.3 Å². The zero-order valence-electron chi connectivity index (χ0n) is 18.9. The summed E-state index contributed by atoms with van der Waals surface area (Å²) in [5, 5.41) is 0. The number of fused-ring (bicyclic) bond motifs is 5. The molecule has 7 rings (SSSR count). The number of ether oxygens (including phenoxy) is 1. The molecule has 166 valence electrons. The minimum absolute atomic E-state index is 0.134. The van der Waals surface area contributed by atoms with Crippen molar-refractivity contribution in [2.75, 3.05) is 0 Å². The van der Waals surface area contributed by atoms with Gasteiger partial charge in [-0.05, 0) is 28.7 Å². The SMILES string of the molecule is O=C1CC[C@@]2(c3ccccc3)O[C@@H]1[C@]1(c3ccccc3)[C@@H](c3ccccc3)[C@@]12c1ccccc1. The monoisotopic (exact) mass is 442 g/mol. The van der Waals surface area contributed by atoms with Crippen molar-refractivity contribution in [1.29, 1.82) is 0 Å². The highest BCUT2D eigenvalue weighted by Crippen LogP contribution is 2.88. The van der Waals surface area contributed by atoms with Crippen LogP contribution in [0.3, 0.4) is 0 Å². The fourth-order valence-corrected chi connectivity index (χ4v) is 7.72. The van der Waals surface area contributed by atoms with E-state index in [9.17, 15) is 4.79 Å². The summed E-state index contributed by atoms with van der Waals surface area (Å²) < 4.78 is 7.06. The van der Waals surface area contributed by atoms with Crippen molar-refractivity contribution in [3.8, 4) is 0 Å². The molecule has 4 aromatic rings. The Morgan fingerprint density at radius 2 is 1.12 bits per heavy atom. The summed E-state index contributed by atoms with van der Waals surface area (Å²) in [5.74, 6) is 0.362. The van der Waals surface area contributed by atoms with Gasteiger partial charge in [0.05, 0.1) is 0 Å². The molecule has 0 amide bonds. The van der Waals surface area contributed by atoms with Crippen molar-refractivity contribution in [3.63, 3.8) is 0 Å². The molecule has 0 spiro atoms. The Bertz CT molecular complexity index is 1350. The first-order valence-electron chi connectivity index (χ1n) is 12.2. The first-order chi connectivity index (χ1) is 16.8. The van der Waals surface area contributed by atoms with Crippen LogP contribution in [0, 0.1) is 0 Å². The Morgan fingerprint density at radius 1 is 0.618 bits per heavy atom. The largest absolute Gasteiger partial charge is 0.357 e. The molecular formula is C32H26O2. The Morgan fingerprint density at radius 3 is 1.71 bits per heavy atom. The molecule has 34 heavy (non-hydrogen) atoms. The second kappa shape index (κ2) is 7.01. The maximum atomic E-state index is 13.7. The van der Waals surface area contributed by atoms with Gasteiger partial charge in [-0.15, -0.1) is 0 Å². The van der Waals surface area contributed by atoms with Crippen LogP contribution in [-0.2, 0) is 26.0 Å². The van der Waals surface area contributed by atoms with Gasteiger partial charge in [0, 0.05) is 23.2 Å². The number of carbonyl (C=O) groups is 1. The average Bonchev–Trinajstić information content (AvgIpc) is 3.51. The number of hydrogen-bond donors (Lipinski definition) is 0. The predicted molar refractivity (Wildman–Crippen MR) is 133 cm³/mol. The van der Waals surface area contributed by atoms with Crippen LogP contribution >= 0.6 is 0 Å². The standard InChI is InChI=1S/C32H26O2/c33-27-21-22-30(24-15-7-2-8-16-24)32(26-19-11-4-12-20-26)28(23-13-5-1-6-14-23)31(32,29(27)34-30)25-17-9-3-10-18-25/h1-20,28-29H,21-22H2/t28-,29+,30+,31+,32-/m1/s1. The highest BCUT2D eigenvalue weighted by Gasteiger charge is 2.93. The lowest BCUT2D eigenvalue weighted by Crippen LogP contribution is -2.46. The molecule has 1 saturated carbocycles. The second-order valence-electron chi connectivity index (χ2n) is 9.91. The van der Waals surface area contributed by atoms with Gasteiger partial charge in [-0.1, -0.05) is 121 Å². The van der Waals surface area contributed by atoms with E-state index < -0.39 is 17.1 Å². The number of hydrogen-bond acceptors (Lipinski definition) is 2. The zero-order valence-corrected chi connectivity index (χ0v) is 18.9. The second-order valence-corrected chi connectivity index (χ2v) is 9.91. The van der Waals surface area contributed by atoms with E-state index in [1.54, 1.807) is 0 Å². The molecule has 1 aliphatic carbocycles. The van der Waals surface area contributed by atoms with Gasteiger partial charge in [-0.3, -0.25) is 4.79 Å². The van der Waals surface area contributed by atoms with Gasteiger partial charge in [0.2, 0.25) is 0 Å². The molecule has 0 radical (unpaired) electrons. The number of carbonyl (C=O) groups excluding carboxylic acids is 1. The van der Waals surface area contributed by atoms with E-state index in [2.05, 4.69) is 121 Å². The van der Waals surface area contributed by atoms with E-state index in [1.807, 2.05) is 0 Å². The van der Waals surface area contributed by atoms with Crippen molar-refractivity contribution in [1.82, 2.24) is 0 Å². The molecule has 3 fully saturated rings. The van der Waals surface area contributed by atoms with Gasteiger partial charge in [0.25, 0.3) is 0 Å². The number of ketones is 1. The quantitative estimate of drug-likeness (QED) is 0.370. The molecule has 0 unspecified atom stereocenters. The average molecular weight is 443 g/mol. The third-order valence-electron chi connectivity index (χ3n) is 8.70. The maximum Gasteiger partial charge on any atom is 0.162 e. The normalized spacial score (nSPS) is 33.4. The van der Waals surface area contributed by atoms with E-state index in [4.69, 9.17) is 4.74 Å². The Kier molecular flexibility index (Phi) is 4.11. The molecule has 3 aliphatic rings. The lowest BCUT2D eigenvalue weighted by Gasteiger charge is -2.43. The molecule has 2 aliphatic heterocycles. The lowest BCUT2D eigenvalue weighted by atomic mass is 9.68. The molecule has 2 saturated heterocycles. The Balaban J connectivity index is 1.63. The molecule has 2 heteroatoms. The summed E-state index contributed by atoms with van der Waals surface area (Å²) in [6.07, 6.45) is 0.762. The Labute approximate surface area is 200 Å². The molecule has 0 aromatic heterocycles. The molecular weight excluding hydrogens is 416 g/mol. The summed E-state index contributed by atoms with van der Waals surface area (Å²) in [5.41, 5.74) is 3.48. The van der Waals surface area contributed by atoms with Crippen molar-refractivity contribution < 1.29 is 9.53 Å². The van der Waals surface area contributed by atoms with Crippen LogP contribution in [-0.4, -0.2) is 11.9 Å². The van der Waals surface area contributed by atoms with Crippen LogP contribution < -0.4 is 0 Å². The molecule has 0 N–H and O–H groups in total. The Hall–Kier alpha value is -3.49. The van der Waals surface area contributed by atoms with Gasteiger partial charge in [0.15, 0.2) is 5.78 Å². The summed E-state index contributed by atoms with van der Waals surface area (Å²) in [6.45, 7) is 0. The van der Waals surface area contributed by atoms with Crippen LogP contribution in [0.25, 0.3) is 0 Å². The predicted octanol–water partition coefficient (Wildman–Crippen LogP) is 6.32. The van der Waals surface area contributed by atoms with Crippen molar-refractivity contribution in [2.24, 2.45) is 0 Å². The van der Waals surface area contributed by atoms with Crippen molar-refractivity contribution in [3.05, 3.63) is 144 Å². The fourth-order valence-electron chi connectivity index (χ4n) is 7.72. The third-order valence-corrected chi connectivity index (χ3v) is 8.70. The van der Waals surface area contributed by atoms with Gasteiger partial charge >= 0.3 is 0 Å². The summed E-state index contributed by atoms with van der Waals surface area (Å²) >= 11 is 0. The highest BCUT2D eigenvalue weighted by molar-refractivity contribution is 5.92. The maximum absolute atomic E-state index is 13.7. The number of Topliss-reactive ketones (excluding diaryl/α,β-unsaturated/α-hetero) is 1. The molecule has 5 atom stereocenters. The van der Waals surface area contributed by atoms with Gasteiger partial charge in [-0.2, -0.15) is 0 Å². The number of benzene rings is 4. The topological polar surface area (TPSA) is 26.3 Å². The van der Waals surface area contributed by atoms with Crippen LogP contribution in [0.4, 0.5) is 0 Å². The fraction of sp³-hybridized carbons (Fsp3) is 0.219. The van der Waals surface area contributed by atoms with E-state index >= 15 is 0 Å². The van der Waals surface area contributed by atoms with Crippen LogP contribution in [0.1, 0.15) is 41.0 Å². The van der Waals surface area contributed by atoms with Crippen molar-refractivity contribution in [2.45, 2.75) is 41.3 Å². The van der Waals surface area contributed by atoms with Gasteiger partial charge < -0.3 is 4.74 Å². The first kappa shape index (κ1) is 19.9. The minimum Gasteiger partial charge on any atom is -0.357 e. The van der Waals surface area contributed by atoms with Gasteiger partial charge in [-0.25, -0.2) is 0 Å². The minimum atomic E-state index is -0.579. The van der Waals surface area contributed by atoms with Crippen LogP contribution in [0.2, 0.25) is 0 Å².